The molecule has 1 heterocycles. The van der Waals surface area contributed by atoms with Gasteiger partial charge in [-0.15, -0.1) is 11.3 Å². The van der Waals surface area contributed by atoms with Gasteiger partial charge in [-0.05, 0) is 32.6 Å². The first kappa shape index (κ1) is 13.8. The van der Waals surface area contributed by atoms with Crippen LogP contribution in [0.4, 0.5) is 5.13 Å². The molecule has 18 heavy (non-hydrogen) atoms. The lowest BCUT2D eigenvalue weighted by Gasteiger charge is -2.23. The van der Waals surface area contributed by atoms with Gasteiger partial charge >= 0.3 is 0 Å². The Balaban J connectivity index is 2.02. The van der Waals surface area contributed by atoms with E-state index in [0.717, 1.165) is 12.5 Å². The molecular formula is C14H25N3S. The molecule has 1 atom stereocenters. The van der Waals surface area contributed by atoms with Gasteiger partial charge in [0, 0.05) is 30.6 Å². The standard InChI is InChI=1S/C14H25N3S/c1-9(2)15-8-13-10(3)16-14(18-13)17(5)11(4)12-6-7-12/h9,11-12,15H,6-8H2,1-5H3. The number of hydrogen-bond acceptors (Lipinski definition) is 4. The van der Waals surface area contributed by atoms with Crippen LogP contribution in [0.3, 0.4) is 0 Å². The molecule has 2 rings (SSSR count). The van der Waals surface area contributed by atoms with Crippen molar-refractivity contribution in [1.29, 1.82) is 0 Å². The molecule has 102 valence electrons. The summed E-state index contributed by atoms with van der Waals surface area (Å²) in [4.78, 5) is 8.45. The zero-order chi connectivity index (χ0) is 13.3. The summed E-state index contributed by atoms with van der Waals surface area (Å²) < 4.78 is 0. The lowest BCUT2D eigenvalue weighted by atomic mass is 10.2. The van der Waals surface area contributed by atoms with Crippen LogP contribution in [0.1, 0.15) is 44.2 Å². The molecule has 1 saturated carbocycles. The minimum atomic E-state index is 0.526. The van der Waals surface area contributed by atoms with Crippen LogP contribution < -0.4 is 10.2 Å². The quantitative estimate of drug-likeness (QED) is 0.858. The highest BCUT2D eigenvalue weighted by molar-refractivity contribution is 7.15. The fourth-order valence-electron chi connectivity index (χ4n) is 2.09. The molecule has 0 aromatic carbocycles. The van der Waals surface area contributed by atoms with Gasteiger partial charge in [0.25, 0.3) is 0 Å². The second-order valence-electron chi connectivity index (χ2n) is 5.73. The van der Waals surface area contributed by atoms with Crippen LogP contribution in [0.5, 0.6) is 0 Å². The summed E-state index contributed by atoms with van der Waals surface area (Å²) in [6.07, 6.45) is 2.77. The van der Waals surface area contributed by atoms with E-state index in [1.54, 1.807) is 0 Å². The van der Waals surface area contributed by atoms with E-state index in [2.05, 4.69) is 45.0 Å². The summed E-state index contributed by atoms with van der Waals surface area (Å²) in [6, 6.07) is 1.15. The van der Waals surface area contributed by atoms with Crippen LogP contribution in [0.2, 0.25) is 0 Å². The second-order valence-corrected chi connectivity index (χ2v) is 6.79. The predicted molar refractivity (Wildman–Crippen MR) is 79.4 cm³/mol. The van der Waals surface area contributed by atoms with E-state index in [-0.39, 0.29) is 0 Å². The topological polar surface area (TPSA) is 28.2 Å². The molecule has 0 aliphatic heterocycles. The maximum atomic E-state index is 4.72. The van der Waals surface area contributed by atoms with Crippen molar-refractivity contribution in [3.63, 3.8) is 0 Å². The smallest absolute Gasteiger partial charge is 0.185 e. The molecule has 1 fully saturated rings. The molecule has 1 aromatic heterocycles. The number of nitrogens with one attached hydrogen (secondary N) is 1. The van der Waals surface area contributed by atoms with E-state index >= 15 is 0 Å². The fraction of sp³-hybridized carbons (Fsp3) is 0.786. The van der Waals surface area contributed by atoms with Crippen molar-refractivity contribution < 1.29 is 0 Å². The first-order valence-electron chi connectivity index (χ1n) is 6.91. The summed E-state index contributed by atoms with van der Waals surface area (Å²) in [5, 5.41) is 4.64. The largest absolute Gasteiger partial charge is 0.348 e. The highest BCUT2D eigenvalue weighted by Crippen LogP contribution is 2.37. The molecule has 0 bridgehead atoms. The van der Waals surface area contributed by atoms with Gasteiger partial charge in [0.05, 0.1) is 5.69 Å². The minimum absolute atomic E-state index is 0.526. The SMILES string of the molecule is Cc1nc(N(C)C(C)C2CC2)sc1CNC(C)C. The van der Waals surface area contributed by atoms with E-state index in [1.165, 1.54) is 28.5 Å². The number of aromatic nitrogens is 1. The Morgan fingerprint density at radius 3 is 2.61 bits per heavy atom. The van der Waals surface area contributed by atoms with Crippen molar-refractivity contribution >= 4 is 16.5 Å². The summed E-state index contributed by atoms with van der Waals surface area (Å²) in [6.45, 7) is 9.73. The van der Waals surface area contributed by atoms with Gasteiger partial charge in [-0.3, -0.25) is 0 Å². The van der Waals surface area contributed by atoms with Crippen LogP contribution in [0.25, 0.3) is 0 Å². The number of thiazole rings is 1. The molecule has 0 amide bonds. The van der Waals surface area contributed by atoms with E-state index < -0.39 is 0 Å². The van der Waals surface area contributed by atoms with Crippen molar-refractivity contribution in [2.45, 2.75) is 59.2 Å². The van der Waals surface area contributed by atoms with Crippen molar-refractivity contribution in [1.82, 2.24) is 10.3 Å². The molecule has 4 heteroatoms. The third-order valence-electron chi connectivity index (χ3n) is 3.77. The van der Waals surface area contributed by atoms with Crippen LogP contribution in [-0.2, 0) is 6.54 Å². The summed E-state index contributed by atoms with van der Waals surface area (Å²) in [5.41, 5.74) is 1.18. The van der Waals surface area contributed by atoms with E-state index in [0.29, 0.717) is 12.1 Å². The predicted octanol–water partition coefficient (Wildman–Crippen LogP) is 3.18. The van der Waals surface area contributed by atoms with Crippen molar-refractivity contribution in [3.8, 4) is 0 Å². The van der Waals surface area contributed by atoms with E-state index in [9.17, 15) is 0 Å². The fourth-order valence-corrected chi connectivity index (χ4v) is 3.16. The number of hydrogen-bond donors (Lipinski definition) is 1. The van der Waals surface area contributed by atoms with Gasteiger partial charge in [-0.2, -0.15) is 0 Å². The molecule has 1 unspecified atom stereocenters. The third kappa shape index (κ3) is 3.23. The lowest BCUT2D eigenvalue weighted by molar-refractivity contribution is 0.591. The Hall–Kier alpha value is -0.610. The summed E-state index contributed by atoms with van der Waals surface area (Å²) in [7, 11) is 2.18. The monoisotopic (exact) mass is 267 g/mol. The Labute approximate surface area is 115 Å². The molecule has 1 aliphatic rings. The molecule has 1 aromatic rings. The van der Waals surface area contributed by atoms with Gasteiger partial charge in [0.1, 0.15) is 0 Å². The van der Waals surface area contributed by atoms with Crippen molar-refractivity contribution in [2.24, 2.45) is 5.92 Å². The van der Waals surface area contributed by atoms with Gasteiger partial charge in [-0.25, -0.2) is 4.98 Å². The molecule has 3 nitrogen and oxygen atoms in total. The normalized spacial score (nSPS) is 17.2. The highest BCUT2D eigenvalue weighted by Gasteiger charge is 2.31. The lowest BCUT2D eigenvalue weighted by Crippen LogP contribution is -2.30. The molecule has 0 radical (unpaired) electrons. The molecule has 1 aliphatic carbocycles. The Kier molecular flexibility index (Phi) is 4.28. The number of rotatable bonds is 6. The maximum absolute atomic E-state index is 4.72. The van der Waals surface area contributed by atoms with Gasteiger partial charge in [0.2, 0.25) is 0 Å². The maximum Gasteiger partial charge on any atom is 0.185 e. The highest BCUT2D eigenvalue weighted by atomic mass is 32.1. The molecular weight excluding hydrogens is 242 g/mol. The van der Waals surface area contributed by atoms with Crippen LogP contribution >= 0.6 is 11.3 Å². The Morgan fingerprint density at radius 2 is 2.06 bits per heavy atom. The van der Waals surface area contributed by atoms with Crippen molar-refractivity contribution in [3.05, 3.63) is 10.6 Å². The first-order valence-corrected chi connectivity index (χ1v) is 7.73. The summed E-state index contributed by atoms with van der Waals surface area (Å²) >= 11 is 1.84. The number of anilines is 1. The average molecular weight is 267 g/mol. The number of aryl methyl sites for hydroxylation is 1. The molecule has 0 saturated heterocycles. The Bertz CT molecular complexity index is 396. The van der Waals surface area contributed by atoms with Crippen molar-refractivity contribution in [2.75, 3.05) is 11.9 Å². The van der Waals surface area contributed by atoms with Gasteiger partial charge in [-0.1, -0.05) is 13.8 Å². The average Bonchev–Trinajstić information content (AvgIpc) is 3.09. The second kappa shape index (κ2) is 5.57. The van der Waals surface area contributed by atoms with Crippen LogP contribution in [0.15, 0.2) is 0 Å². The zero-order valence-electron chi connectivity index (χ0n) is 12.2. The van der Waals surface area contributed by atoms with Gasteiger partial charge in [0.15, 0.2) is 5.13 Å². The van der Waals surface area contributed by atoms with E-state index in [1.807, 2.05) is 11.3 Å². The Morgan fingerprint density at radius 1 is 1.39 bits per heavy atom. The summed E-state index contributed by atoms with van der Waals surface area (Å²) in [5.74, 6) is 0.886. The van der Waals surface area contributed by atoms with Crippen LogP contribution in [-0.4, -0.2) is 24.1 Å². The third-order valence-corrected chi connectivity index (χ3v) is 5.02. The molecule has 0 spiro atoms. The first-order chi connectivity index (χ1) is 8.49. The molecule has 1 N–H and O–H groups in total. The number of nitrogens with zero attached hydrogens (tertiary/aromatic N) is 2. The zero-order valence-corrected chi connectivity index (χ0v) is 13.0. The van der Waals surface area contributed by atoms with Crippen LogP contribution in [0, 0.1) is 12.8 Å². The van der Waals surface area contributed by atoms with E-state index in [4.69, 9.17) is 4.98 Å². The minimum Gasteiger partial charge on any atom is -0.348 e. The van der Waals surface area contributed by atoms with Gasteiger partial charge < -0.3 is 10.2 Å².